The first-order valence-electron chi connectivity index (χ1n) is 5.86. The Labute approximate surface area is 128 Å². The van der Waals surface area contributed by atoms with Crippen LogP contribution in [0.4, 0.5) is 0 Å². The van der Waals surface area contributed by atoms with Gasteiger partial charge in [0.15, 0.2) is 0 Å². The molecule has 22 heavy (non-hydrogen) atoms. The van der Waals surface area contributed by atoms with E-state index in [1.54, 1.807) is 6.92 Å². The van der Waals surface area contributed by atoms with Crippen LogP contribution >= 0.6 is 0 Å². The number of ether oxygens (including phenoxy) is 3. The molecule has 0 bridgehead atoms. The molecule has 4 atom stereocenters. The van der Waals surface area contributed by atoms with E-state index in [4.69, 9.17) is 23.3 Å². The Morgan fingerprint density at radius 1 is 1.14 bits per heavy atom. The van der Waals surface area contributed by atoms with Crippen LogP contribution < -0.4 is 0 Å². The summed E-state index contributed by atoms with van der Waals surface area (Å²) in [5.41, 5.74) is 0. The van der Waals surface area contributed by atoms with E-state index in [1.165, 1.54) is 7.11 Å². The smallest absolute Gasteiger partial charge is 0.397 e. The van der Waals surface area contributed by atoms with Gasteiger partial charge in [-0.3, -0.25) is 13.3 Å². The van der Waals surface area contributed by atoms with E-state index in [0.29, 0.717) is 0 Å². The lowest BCUT2D eigenvalue weighted by atomic mass is 9.91. The summed E-state index contributed by atoms with van der Waals surface area (Å²) in [5, 5.41) is 0. The van der Waals surface area contributed by atoms with Gasteiger partial charge in [0.05, 0.1) is 18.8 Å². The van der Waals surface area contributed by atoms with Crippen LogP contribution in [0.25, 0.3) is 0 Å². The van der Waals surface area contributed by atoms with Crippen molar-refractivity contribution >= 4 is 20.8 Å². The summed E-state index contributed by atoms with van der Waals surface area (Å²) >= 11 is 0. The summed E-state index contributed by atoms with van der Waals surface area (Å²) in [5.74, 6) is -0.627. The SMILES string of the molecule is CO[C-]1OC(COS(=O)(=O)O)[C@@H](C)[C@H](OC)C1OS(=O)(=O)O. The van der Waals surface area contributed by atoms with Gasteiger partial charge in [-0.25, -0.2) is 4.18 Å². The van der Waals surface area contributed by atoms with Gasteiger partial charge in [0, 0.05) is 26.2 Å². The van der Waals surface area contributed by atoms with E-state index in [0.717, 1.165) is 7.11 Å². The van der Waals surface area contributed by atoms with Crippen LogP contribution in [-0.4, -0.2) is 65.1 Å². The molecule has 1 aliphatic heterocycles. The second-order valence-corrected chi connectivity index (χ2v) is 6.53. The fraction of sp³-hybridized carbons (Fsp3) is 0.889. The van der Waals surface area contributed by atoms with Crippen LogP contribution in [0.15, 0.2) is 0 Å². The van der Waals surface area contributed by atoms with Crippen LogP contribution in [0.1, 0.15) is 6.92 Å². The Morgan fingerprint density at radius 3 is 2.14 bits per heavy atom. The van der Waals surface area contributed by atoms with E-state index in [2.05, 4.69) is 8.37 Å². The average Bonchev–Trinajstić information content (AvgIpc) is 2.35. The summed E-state index contributed by atoms with van der Waals surface area (Å²) < 4.78 is 84.2. The fourth-order valence-corrected chi connectivity index (χ4v) is 2.77. The largest absolute Gasteiger partial charge is 0.521 e. The molecule has 0 radical (unpaired) electrons. The molecule has 0 aliphatic carbocycles. The molecule has 1 saturated heterocycles. The van der Waals surface area contributed by atoms with Gasteiger partial charge in [0.2, 0.25) is 0 Å². The van der Waals surface area contributed by atoms with E-state index in [-0.39, 0.29) is 6.29 Å². The highest BCUT2D eigenvalue weighted by Crippen LogP contribution is 2.35. The lowest BCUT2D eigenvalue weighted by molar-refractivity contribution is -0.213. The van der Waals surface area contributed by atoms with Crippen molar-refractivity contribution in [1.82, 2.24) is 0 Å². The third kappa shape index (κ3) is 5.68. The van der Waals surface area contributed by atoms with Crippen LogP contribution in [-0.2, 0) is 43.4 Å². The second kappa shape index (κ2) is 7.46. The van der Waals surface area contributed by atoms with Crippen LogP contribution in [0.5, 0.6) is 0 Å². The molecule has 13 heteroatoms. The van der Waals surface area contributed by atoms with Gasteiger partial charge < -0.3 is 14.2 Å². The lowest BCUT2D eigenvalue weighted by Crippen LogP contribution is -2.54. The zero-order valence-electron chi connectivity index (χ0n) is 11.9. The molecular weight excluding hydrogens is 348 g/mol. The minimum Gasteiger partial charge on any atom is -0.521 e. The standard InChI is InChI=1S/C9H17O11S2/c1-5-6(4-18-21(10,11)12)19-9(17-3)8(7(5)16-2)20-22(13,14)15/h5-8H,4H2,1-3H3,(H,10,11,12)(H,13,14,15)/q-1/t5-,6?,7+,8?/m1/s1. The highest BCUT2D eigenvalue weighted by atomic mass is 32.3. The molecule has 11 nitrogen and oxygen atoms in total. The number of hydrogen-bond donors (Lipinski definition) is 2. The second-order valence-electron chi connectivity index (χ2n) is 4.40. The highest BCUT2D eigenvalue weighted by Gasteiger charge is 2.40. The Kier molecular flexibility index (Phi) is 6.67. The molecule has 0 spiro atoms. The van der Waals surface area contributed by atoms with E-state index >= 15 is 0 Å². The molecule has 1 fully saturated rings. The third-order valence-corrected chi connectivity index (χ3v) is 3.87. The van der Waals surface area contributed by atoms with Gasteiger partial charge in [-0.1, -0.05) is 13.2 Å². The molecule has 132 valence electrons. The maximum Gasteiger partial charge on any atom is 0.397 e. The molecular formula is C9H17O11S2-. The van der Waals surface area contributed by atoms with Crippen molar-refractivity contribution in [2.75, 3.05) is 20.8 Å². The van der Waals surface area contributed by atoms with Crippen molar-refractivity contribution in [3.05, 3.63) is 6.29 Å². The van der Waals surface area contributed by atoms with E-state index in [9.17, 15) is 16.8 Å². The molecule has 1 heterocycles. The van der Waals surface area contributed by atoms with E-state index in [1.807, 2.05) is 0 Å². The van der Waals surface area contributed by atoms with Gasteiger partial charge in [-0.2, -0.15) is 16.8 Å². The quantitative estimate of drug-likeness (QED) is 0.429. The zero-order chi connectivity index (χ0) is 17.1. The van der Waals surface area contributed by atoms with Gasteiger partial charge >= 0.3 is 20.8 Å². The van der Waals surface area contributed by atoms with E-state index < -0.39 is 51.6 Å². The predicted octanol–water partition coefficient (Wildman–Crippen LogP) is -0.820. The maximum atomic E-state index is 10.9. The highest BCUT2D eigenvalue weighted by molar-refractivity contribution is 7.81. The molecule has 2 unspecified atom stereocenters. The first-order chi connectivity index (χ1) is 9.98. The lowest BCUT2D eigenvalue weighted by Gasteiger charge is -2.52. The summed E-state index contributed by atoms with van der Waals surface area (Å²) in [7, 11) is -7.09. The summed E-state index contributed by atoms with van der Waals surface area (Å²) in [6.07, 6.45) is -3.66. The topological polar surface area (TPSA) is 155 Å². The molecule has 0 saturated carbocycles. The molecule has 1 aliphatic rings. The molecule has 0 aromatic carbocycles. The number of rotatable bonds is 7. The summed E-state index contributed by atoms with van der Waals surface area (Å²) in [6, 6.07) is 0. The van der Waals surface area contributed by atoms with Crippen LogP contribution in [0.3, 0.4) is 0 Å². The van der Waals surface area contributed by atoms with Crippen molar-refractivity contribution in [3.63, 3.8) is 0 Å². The third-order valence-electron chi connectivity index (χ3n) is 2.98. The summed E-state index contributed by atoms with van der Waals surface area (Å²) in [4.78, 5) is 0. The molecule has 0 aromatic rings. The molecule has 0 amide bonds. The van der Waals surface area contributed by atoms with Crippen molar-refractivity contribution in [1.29, 1.82) is 0 Å². The molecule has 1 rings (SSSR count). The van der Waals surface area contributed by atoms with Crippen LogP contribution in [0.2, 0.25) is 0 Å². The number of hydrogen-bond acceptors (Lipinski definition) is 9. The zero-order valence-corrected chi connectivity index (χ0v) is 13.5. The van der Waals surface area contributed by atoms with Gasteiger partial charge in [-0.05, 0) is 0 Å². The minimum atomic E-state index is -4.81. The normalized spacial score (nSPS) is 31.3. The molecule has 2 N–H and O–H groups in total. The van der Waals surface area contributed by atoms with Crippen molar-refractivity contribution in [3.8, 4) is 0 Å². The summed E-state index contributed by atoms with van der Waals surface area (Å²) in [6.45, 7) is 0.976. The Bertz CT molecular complexity index is 556. The van der Waals surface area contributed by atoms with Gasteiger partial charge in [-0.15, -0.1) is 0 Å². The number of methoxy groups -OCH3 is 2. The maximum absolute atomic E-state index is 10.9. The van der Waals surface area contributed by atoms with Crippen molar-refractivity contribution in [2.45, 2.75) is 25.2 Å². The monoisotopic (exact) mass is 365 g/mol. The molecule has 0 aromatic heterocycles. The fourth-order valence-electron chi connectivity index (χ4n) is 2.01. The Morgan fingerprint density at radius 2 is 1.73 bits per heavy atom. The van der Waals surface area contributed by atoms with Crippen molar-refractivity contribution in [2.24, 2.45) is 5.92 Å². The van der Waals surface area contributed by atoms with Crippen molar-refractivity contribution < 1.29 is 48.5 Å². The minimum absolute atomic E-state index is 0.355. The Hall–Kier alpha value is -0.380. The first kappa shape index (κ1) is 19.7. The first-order valence-corrected chi connectivity index (χ1v) is 8.59. The predicted molar refractivity (Wildman–Crippen MR) is 69.0 cm³/mol. The van der Waals surface area contributed by atoms with Gasteiger partial charge in [0.1, 0.15) is 0 Å². The Balaban J connectivity index is 2.94. The average molecular weight is 365 g/mol. The van der Waals surface area contributed by atoms with Gasteiger partial charge in [0.25, 0.3) is 0 Å². The van der Waals surface area contributed by atoms with Crippen LogP contribution in [0, 0.1) is 12.2 Å².